The van der Waals surface area contributed by atoms with Gasteiger partial charge in [-0.05, 0) is 44.7 Å². The van der Waals surface area contributed by atoms with Crippen LogP contribution in [0.25, 0.3) is 11.0 Å². The molecule has 0 N–H and O–H groups in total. The number of carbonyl (C=O) groups is 1. The quantitative estimate of drug-likeness (QED) is 0.829. The first-order valence-electron chi connectivity index (χ1n) is 9.99. The van der Waals surface area contributed by atoms with Crippen molar-refractivity contribution in [3.8, 4) is 0 Å². The molecule has 2 aliphatic heterocycles. The molecule has 146 valence electrons. The number of aromatic nitrogens is 2. The summed E-state index contributed by atoms with van der Waals surface area (Å²) in [5.41, 5.74) is 1.89. The maximum Gasteiger partial charge on any atom is 0.224 e. The summed E-state index contributed by atoms with van der Waals surface area (Å²) in [5.74, 6) is 1.17. The average molecular weight is 371 g/mol. The summed E-state index contributed by atoms with van der Waals surface area (Å²) in [6, 6.07) is 8.09. The fourth-order valence-electron chi connectivity index (χ4n) is 4.68. The van der Waals surface area contributed by atoms with Crippen molar-refractivity contribution in [2.45, 2.75) is 57.3 Å². The number of carbonyl (C=O) groups excluding carboxylic acids is 1. The second-order valence-electron chi connectivity index (χ2n) is 7.71. The topological polar surface area (TPSA) is 56.6 Å². The van der Waals surface area contributed by atoms with Crippen LogP contribution in [-0.4, -0.2) is 58.9 Å². The number of aryl methyl sites for hydroxylation is 2. The van der Waals surface area contributed by atoms with Crippen molar-refractivity contribution in [2.75, 3.05) is 26.8 Å². The first kappa shape index (κ1) is 18.4. The van der Waals surface area contributed by atoms with E-state index in [1.165, 1.54) is 0 Å². The van der Waals surface area contributed by atoms with Crippen LogP contribution in [0.5, 0.6) is 0 Å². The van der Waals surface area contributed by atoms with Gasteiger partial charge in [-0.15, -0.1) is 0 Å². The molecule has 1 aromatic heterocycles. The van der Waals surface area contributed by atoms with Crippen molar-refractivity contribution in [1.29, 1.82) is 0 Å². The molecular formula is C21H29N3O3. The molecule has 6 nitrogen and oxygen atoms in total. The summed E-state index contributed by atoms with van der Waals surface area (Å²) in [6.45, 7) is 4.98. The zero-order valence-corrected chi connectivity index (χ0v) is 16.3. The molecule has 6 heteroatoms. The number of hydrogen-bond donors (Lipinski definition) is 0. The maximum absolute atomic E-state index is 12.8. The van der Waals surface area contributed by atoms with Gasteiger partial charge in [0, 0.05) is 39.8 Å². The zero-order chi connectivity index (χ0) is 18.9. The van der Waals surface area contributed by atoms with Gasteiger partial charge in [-0.25, -0.2) is 4.98 Å². The van der Waals surface area contributed by atoms with E-state index in [1.54, 1.807) is 7.11 Å². The third-order valence-corrected chi connectivity index (χ3v) is 6.23. The monoisotopic (exact) mass is 371 g/mol. The SMILES string of the molecule is CO[C@H]1CCCOC12CCN(C(=O)CCn1c(C)nc3ccccc31)CC2. The van der Waals surface area contributed by atoms with Gasteiger partial charge in [0.1, 0.15) is 5.82 Å². The van der Waals surface area contributed by atoms with Gasteiger partial charge in [0.2, 0.25) is 5.91 Å². The van der Waals surface area contributed by atoms with Crippen molar-refractivity contribution >= 4 is 16.9 Å². The number of hydrogen-bond acceptors (Lipinski definition) is 4. The minimum absolute atomic E-state index is 0.156. The number of amides is 1. The normalized spacial score (nSPS) is 22.4. The lowest BCUT2D eigenvalue weighted by Crippen LogP contribution is -2.56. The van der Waals surface area contributed by atoms with Gasteiger partial charge in [0.05, 0.1) is 22.7 Å². The Kier molecular flexibility index (Phi) is 5.19. The first-order chi connectivity index (χ1) is 13.1. The number of imidazole rings is 1. The van der Waals surface area contributed by atoms with E-state index in [4.69, 9.17) is 9.47 Å². The molecule has 1 atom stereocenters. The Morgan fingerprint density at radius 2 is 2.11 bits per heavy atom. The molecule has 0 radical (unpaired) electrons. The smallest absolute Gasteiger partial charge is 0.224 e. The van der Waals surface area contributed by atoms with E-state index < -0.39 is 0 Å². The van der Waals surface area contributed by atoms with Crippen LogP contribution in [0.15, 0.2) is 24.3 Å². The van der Waals surface area contributed by atoms with Gasteiger partial charge in [-0.2, -0.15) is 0 Å². The summed E-state index contributed by atoms with van der Waals surface area (Å²) in [4.78, 5) is 19.4. The molecule has 0 aliphatic carbocycles. The molecule has 3 heterocycles. The number of benzene rings is 1. The van der Waals surface area contributed by atoms with E-state index >= 15 is 0 Å². The highest BCUT2D eigenvalue weighted by atomic mass is 16.5. The fourth-order valence-corrected chi connectivity index (χ4v) is 4.68. The summed E-state index contributed by atoms with van der Waals surface area (Å²) < 4.78 is 14.0. The highest BCUT2D eigenvalue weighted by Crippen LogP contribution is 2.36. The van der Waals surface area contributed by atoms with Crippen LogP contribution in [0, 0.1) is 6.92 Å². The first-order valence-corrected chi connectivity index (χ1v) is 9.99. The number of nitrogens with zero attached hydrogens (tertiary/aromatic N) is 3. The third kappa shape index (κ3) is 3.48. The largest absolute Gasteiger partial charge is 0.378 e. The number of methoxy groups -OCH3 is 1. The van der Waals surface area contributed by atoms with Crippen molar-refractivity contribution in [2.24, 2.45) is 0 Å². The number of piperidine rings is 1. The Morgan fingerprint density at radius 1 is 1.33 bits per heavy atom. The van der Waals surface area contributed by atoms with Gasteiger partial charge in [0.15, 0.2) is 0 Å². The summed E-state index contributed by atoms with van der Waals surface area (Å²) in [6.07, 6.45) is 4.50. The maximum atomic E-state index is 12.8. The molecule has 2 aliphatic rings. The lowest BCUT2D eigenvalue weighted by atomic mass is 9.82. The van der Waals surface area contributed by atoms with Gasteiger partial charge < -0.3 is 18.9 Å². The predicted molar refractivity (Wildman–Crippen MR) is 104 cm³/mol. The van der Waals surface area contributed by atoms with Crippen molar-refractivity contribution in [1.82, 2.24) is 14.5 Å². The summed E-state index contributed by atoms with van der Waals surface area (Å²) in [5, 5.41) is 0. The van der Waals surface area contributed by atoms with E-state index in [0.717, 1.165) is 62.2 Å². The molecule has 27 heavy (non-hydrogen) atoms. The molecular weight excluding hydrogens is 342 g/mol. The summed E-state index contributed by atoms with van der Waals surface area (Å²) in [7, 11) is 1.77. The van der Waals surface area contributed by atoms with Gasteiger partial charge in [0.25, 0.3) is 0 Å². The molecule has 0 unspecified atom stereocenters. The third-order valence-electron chi connectivity index (χ3n) is 6.23. The molecule has 0 saturated carbocycles. The minimum atomic E-state index is -0.194. The Labute approximate surface area is 160 Å². The molecule has 2 saturated heterocycles. The second kappa shape index (κ2) is 7.60. The van der Waals surface area contributed by atoms with Crippen molar-refractivity contribution in [3.63, 3.8) is 0 Å². The van der Waals surface area contributed by atoms with E-state index in [9.17, 15) is 4.79 Å². The molecule has 2 aromatic rings. The van der Waals surface area contributed by atoms with Crippen LogP contribution in [-0.2, 0) is 20.8 Å². The standard InChI is InChI=1S/C21H29N3O3/c1-16-22-17-6-3-4-7-18(17)24(16)12-9-20(25)23-13-10-21(11-14-23)19(26-2)8-5-15-27-21/h3-4,6-7,19H,5,8-15H2,1-2H3/t19-/m0/s1. The van der Waals surface area contributed by atoms with Crippen LogP contribution in [0.4, 0.5) is 0 Å². The van der Waals surface area contributed by atoms with Gasteiger partial charge >= 0.3 is 0 Å². The number of rotatable bonds is 4. The van der Waals surface area contributed by atoms with E-state index in [0.29, 0.717) is 13.0 Å². The summed E-state index contributed by atoms with van der Waals surface area (Å²) >= 11 is 0. The molecule has 1 spiro atoms. The highest BCUT2D eigenvalue weighted by Gasteiger charge is 2.45. The van der Waals surface area contributed by atoms with Gasteiger partial charge in [-0.3, -0.25) is 4.79 Å². The molecule has 4 rings (SSSR count). The molecule has 1 amide bonds. The van der Waals surface area contributed by atoms with Crippen LogP contribution in [0.1, 0.15) is 37.9 Å². The Bertz CT molecular complexity index is 808. The number of fused-ring (bicyclic) bond motifs is 1. The van der Waals surface area contributed by atoms with Crippen molar-refractivity contribution in [3.05, 3.63) is 30.1 Å². The van der Waals surface area contributed by atoms with E-state index in [2.05, 4.69) is 15.6 Å². The van der Waals surface area contributed by atoms with E-state index in [-0.39, 0.29) is 17.6 Å². The molecule has 0 bridgehead atoms. The predicted octanol–water partition coefficient (Wildman–Crippen LogP) is 2.92. The van der Waals surface area contributed by atoms with Gasteiger partial charge in [-0.1, -0.05) is 12.1 Å². The minimum Gasteiger partial charge on any atom is -0.378 e. The lowest BCUT2D eigenvalue weighted by molar-refractivity contribution is -0.188. The van der Waals surface area contributed by atoms with E-state index in [1.807, 2.05) is 30.0 Å². The molecule has 2 fully saturated rings. The van der Waals surface area contributed by atoms with Crippen molar-refractivity contribution < 1.29 is 14.3 Å². The van der Waals surface area contributed by atoms with Crippen LogP contribution in [0.2, 0.25) is 0 Å². The number of ether oxygens (including phenoxy) is 2. The second-order valence-corrected chi connectivity index (χ2v) is 7.71. The lowest BCUT2D eigenvalue weighted by Gasteiger charge is -2.48. The Morgan fingerprint density at radius 3 is 2.89 bits per heavy atom. The Hall–Kier alpha value is -1.92. The van der Waals surface area contributed by atoms with Crippen LogP contribution in [0.3, 0.4) is 0 Å². The average Bonchev–Trinajstić information content (AvgIpc) is 3.02. The number of likely N-dealkylation sites (tertiary alicyclic amines) is 1. The van der Waals surface area contributed by atoms with Crippen LogP contribution < -0.4 is 0 Å². The van der Waals surface area contributed by atoms with Crippen LogP contribution >= 0.6 is 0 Å². The number of para-hydroxylation sites is 2. The Balaban J connectivity index is 1.36. The zero-order valence-electron chi connectivity index (χ0n) is 16.3. The molecule has 1 aromatic carbocycles. The fraction of sp³-hybridized carbons (Fsp3) is 0.619. The highest BCUT2D eigenvalue weighted by molar-refractivity contribution is 5.78.